The van der Waals surface area contributed by atoms with Crippen LogP contribution in [0.15, 0.2) is 34.9 Å². The van der Waals surface area contributed by atoms with Crippen LogP contribution in [0.3, 0.4) is 0 Å². The Kier molecular flexibility index (Phi) is 6.74. The summed E-state index contributed by atoms with van der Waals surface area (Å²) < 4.78 is 5.73. The highest BCUT2D eigenvalue weighted by atomic mass is 16.4. The molecular weight excluding hydrogens is 318 g/mol. The van der Waals surface area contributed by atoms with E-state index in [1.165, 1.54) is 12.5 Å². The fourth-order valence-corrected chi connectivity index (χ4v) is 2.34. The van der Waals surface area contributed by atoms with Crippen molar-refractivity contribution in [1.82, 2.24) is 15.6 Å². The fraction of sp³-hybridized carbons (Fsp3) is 0.421. The zero-order valence-corrected chi connectivity index (χ0v) is 15.0. The van der Waals surface area contributed by atoms with Gasteiger partial charge in [0.15, 0.2) is 11.7 Å². The number of carbonyl (C=O) groups excluding carboxylic acids is 2. The Balaban J connectivity index is 1.81. The first-order valence-corrected chi connectivity index (χ1v) is 8.52. The molecule has 0 unspecified atom stereocenters. The Morgan fingerprint density at radius 3 is 2.44 bits per heavy atom. The first-order chi connectivity index (χ1) is 12.0. The van der Waals surface area contributed by atoms with Crippen molar-refractivity contribution >= 4 is 11.8 Å². The lowest BCUT2D eigenvalue weighted by Gasteiger charge is -2.05. The van der Waals surface area contributed by atoms with Crippen LogP contribution in [-0.2, 0) is 16.0 Å². The van der Waals surface area contributed by atoms with Crippen LogP contribution >= 0.6 is 0 Å². The molecule has 0 spiro atoms. The van der Waals surface area contributed by atoms with Gasteiger partial charge in [-0.05, 0) is 11.5 Å². The minimum Gasteiger partial charge on any atom is -0.441 e. The maximum absolute atomic E-state index is 11.7. The van der Waals surface area contributed by atoms with Gasteiger partial charge in [0.2, 0.25) is 11.8 Å². The molecular formula is C19H25N3O3. The zero-order valence-electron chi connectivity index (χ0n) is 15.0. The molecule has 1 aromatic carbocycles. The van der Waals surface area contributed by atoms with E-state index >= 15 is 0 Å². The van der Waals surface area contributed by atoms with Crippen molar-refractivity contribution in [2.75, 3.05) is 13.1 Å². The average molecular weight is 343 g/mol. The first kappa shape index (κ1) is 18.7. The molecule has 2 rings (SSSR count). The molecule has 0 aliphatic heterocycles. The van der Waals surface area contributed by atoms with Gasteiger partial charge in [-0.15, -0.1) is 0 Å². The number of rotatable bonds is 8. The Morgan fingerprint density at radius 2 is 1.80 bits per heavy atom. The van der Waals surface area contributed by atoms with Crippen molar-refractivity contribution < 1.29 is 14.0 Å². The number of benzene rings is 1. The molecule has 2 amide bonds. The topological polar surface area (TPSA) is 84.2 Å². The van der Waals surface area contributed by atoms with E-state index in [4.69, 9.17) is 4.42 Å². The molecule has 0 bridgehead atoms. The SMILES string of the molecule is CC(=O)NCCNC(=O)CCc1ncc(-c2ccc(C(C)C)cc2)o1. The van der Waals surface area contributed by atoms with Crippen LogP contribution in [0.2, 0.25) is 0 Å². The second-order valence-electron chi connectivity index (χ2n) is 6.23. The monoisotopic (exact) mass is 343 g/mol. The predicted octanol–water partition coefficient (Wildman–Crippen LogP) is 2.65. The van der Waals surface area contributed by atoms with E-state index in [-0.39, 0.29) is 11.8 Å². The van der Waals surface area contributed by atoms with E-state index in [0.29, 0.717) is 43.5 Å². The predicted molar refractivity (Wildman–Crippen MR) is 96.0 cm³/mol. The third-order valence-electron chi connectivity index (χ3n) is 3.80. The Hall–Kier alpha value is -2.63. The summed E-state index contributed by atoms with van der Waals surface area (Å²) in [6.07, 6.45) is 2.43. The van der Waals surface area contributed by atoms with Gasteiger partial charge in [-0.1, -0.05) is 38.1 Å². The molecule has 0 fully saturated rings. The lowest BCUT2D eigenvalue weighted by atomic mass is 10.0. The van der Waals surface area contributed by atoms with E-state index in [0.717, 1.165) is 5.56 Å². The molecule has 0 saturated carbocycles. The molecule has 0 atom stereocenters. The maximum Gasteiger partial charge on any atom is 0.220 e. The van der Waals surface area contributed by atoms with Crippen LogP contribution in [0.25, 0.3) is 11.3 Å². The Labute approximate surface area is 148 Å². The number of oxazole rings is 1. The second-order valence-corrected chi connectivity index (χ2v) is 6.23. The molecule has 0 saturated heterocycles. The van der Waals surface area contributed by atoms with Crippen molar-refractivity contribution in [2.24, 2.45) is 0 Å². The smallest absolute Gasteiger partial charge is 0.220 e. The van der Waals surface area contributed by atoms with Gasteiger partial charge in [0.05, 0.1) is 6.20 Å². The number of aromatic nitrogens is 1. The normalized spacial score (nSPS) is 10.7. The van der Waals surface area contributed by atoms with Gasteiger partial charge in [-0.3, -0.25) is 9.59 Å². The van der Waals surface area contributed by atoms with E-state index in [1.807, 2.05) is 12.1 Å². The summed E-state index contributed by atoms with van der Waals surface area (Å²) in [4.78, 5) is 26.7. The van der Waals surface area contributed by atoms with Crippen molar-refractivity contribution in [3.05, 3.63) is 41.9 Å². The third-order valence-corrected chi connectivity index (χ3v) is 3.80. The number of nitrogens with zero attached hydrogens (tertiary/aromatic N) is 1. The van der Waals surface area contributed by atoms with Gasteiger partial charge >= 0.3 is 0 Å². The largest absolute Gasteiger partial charge is 0.441 e. The Morgan fingerprint density at radius 1 is 1.12 bits per heavy atom. The van der Waals surface area contributed by atoms with E-state index in [1.54, 1.807) is 6.20 Å². The van der Waals surface area contributed by atoms with Gasteiger partial charge in [0.1, 0.15) is 0 Å². The van der Waals surface area contributed by atoms with E-state index in [2.05, 4.69) is 41.6 Å². The van der Waals surface area contributed by atoms with E-state index in [9.17, 15) is 9.59 Å². The highest BCUT2D eigenvalue weighted by Crippen LogP contribution is 2.23. The van der Waals surface area contributed by atoms with Crippen molar-refractivity contribution in [3.63, 3.8) is 0 Å². The highest BCUT2D eigenvalue weighted by Gasteiger charge is 2.09. The molecule has 1 aromatic heterocycles. The number of nitrogens with one attached hydrogen (secondary N) is 2. The van der Waals surface area contributed by atoms with Gasteiger partial charge < -0.3 is 15.1 Å². The van der Waals surface area contributed by atoms with Gasteiger partial charge in [-0.25, -0.2) is 4.98 Å². The quantitative estimate of drug-likeness (QED) is 0.722. The lowest BCUT2D eigenvalue weighted by molar-refractivity contribution is -0.122. The van der Waals surface area contributed by atoms with Crippen LogP contribution in [0.1, 0.15) is 44.6 Å². The third kappa shape index (κ3) is 6.06. The molecule has 2 N–H and O–H groups in total. The summed E-state index contributed by atoms with van der Waals surface area (Å²) in [5, 5.41) is 5.36. The number of amides is 2. The first-order valence-electron chi connectivity index (χ1n) is 8.52. The summed E-state index contributed by atoms with van der Waals surface area (Å²) in [5.41, 5.74) is 2.25. The molecule has 0 aliphatic carbocycles. The van der Waals surface area contributed by atoms with Crippen molar-refractivity contribution in [1.29, 1.82) is 0 Å². The zero-order chi connectivity index (χ0) is 18.2. The molecule has 0 aliphatic rings. The second kappa shape index (κ2) is 9.01. The number of carbonyl (C=O) groups is 2. The van der Waals surface area contributed by atoms with Crippen LogP contribution < -0.4 is 10.6 Å². The van der Waals surface area contributed by atoms with Crippen LogP contribution in [0.4, 0.5) is 0 Å². The van der Waals surface area contributed by atoms with E-state index < -0.39 is 0 Å². The average Bonchev–Trinajstić information content (AvgIpc) is 3.06. The summed E-state index contributed by atoms with van der Waals surface area (Å²) >= 11 is 0. The maximum atomic E-state index is 11.7. The van der Waals surface area contributed by atoms with Gasteiger partial charge in [-0.2, -0.15) is 0 Å². The van der Waals surface area contributed by atoms with Crippen LogP contribution in [0, 0.1) is 0 Å². The standard InChI is InChI=1S/C19H25N3O3/c1-13(2)15-4-6-16(7-5-15)17-12-22-19(25-17)9-8-18(24)21-11-10-20-14(3)23/h4-7,12-13H,8-11H2,1-3H3,(H,20,23)(H,21,24). The van der Waals surface area contributed by atoms with Gasteiger partial charge in [0.25, 0.3) is 0 Å². The summed E-state index contributed by atoms with van der Waals surface area (Å²) in [5.74, 6) is 1.54. The number of aryl methyl sites for hydroxylation is 1. The Bertz CT molecular complexity index is 705. The van der Waals surface area contributed by atoms with Crippen molar-refractivity contribution in [2.45, 2.75) is 39.5 Å². The van der Waals surface area contributed by atoms with Gasteiger partial charge in [0, 0.05) is 38.4 Å². The molecule has 25 heavy (non-hydrogen) atoms. The molecule has 2 aromatic rings. The highest BCUT2D eigenvalue weighted by molar-refractivity contribution is 5.76. The summed E-state index contributed by atoms with van der Waals surface area (Å²) in [6.45, 7) is 6.60. The van der Waals surface area contributed by atoms with Crippen LogP contribution in [0.5, 0.6) is 0 Å². The van der Waals surface area contributed by atoms with Crippen LogP contribution in [-0.4, -0.2) is 29.9 Å². The molecule has 6 nitrogen and oxygen atoms in total. The summed E-state index contributed by atoms with van der Waals surface area (Å²) in [6, 6.07) is 8.22. The fourth-order valence-electron chi connectivity index (χ4n) is 2.34. The minimum atomic E-state index is -0.108. The molecule has 1 heterocycles. The lowest BCUT2D eigenvalue weighted by Crippen LogP contribution is -2.33. The minimum absolute atomic E-state index is 0.0913. The molecule has 6 heteroatoms. The molecule has 0 radical (unpaired) electrons. The van der Waals surface area contributed by atoms with Crippen molar-refractivity contribution in [3.8, 4) is 11.3 Å². The number of hydrogen-bond donors (Lipinski definition) is 2. The molecule has 134 valence electrons. The summed E-state index contributed by atoms with van der Waals surface area (Å²) in [7, 11) is 0. The number of hydrogen-bond acceptors (Lipinski definition) is 4.